The van der Waals surface area contributed by atoms with Crippen LogP contribution in [0.15, 0.2) is 42.5 Å². The maximum atomic E-state index is 13.8. The van der Waals surface area contributed by atoms with Crippen molar-refractivity contribution in [3.05, 3.63) is 65.0 Å². The molecule has 140 valence electrons. The minimum absolute atomic E-state index is 0.0120. The van der Waals surface area contributed by atoms with Gasteiger partial charge < -0.3 is 10.1 Å². The van der Waals surface area contributed by atoms with E-state index in [2.05, 4.69) is 5.32 Å². The predicted octanol–water partition coefficient (Wildman–Crippen LogP) is 2.70. The summed E-state index contributed by atoms with van der Waals surface area (Å²) < 4.78 is 18.7. The highest BCUT2D eigenvalue weighted by Gasteiger charge is 2.35. The van der Waals surface area contributed by atoms with Crippen LogP contribution in [-0.2, 0) is 4.79 Å². The smallest absolute Gasteiger partial charge is 0.261 e. The highest BCUT2D eigenvalue weighted by molar-refractivity contribution is 6.21. The lowest BCUT2D eigenvalue weighted by atomic mass is 10.1. The first kappa shape index (κ1) is 18.6. The second kappa shape index (κ2) is 7.57. The van der Waals surface area contributed by atoms with Crippen molar-refractivity contribution in [2.75, 3.05) is 13.7 Å². The molecule has 0 saturated heterocycles. The predicted molar refractivity (Wildman–Crippen MR) is 95.9 cm³/mol. The van der Waals surface area contributed by atoms with Gasteiger partial charge in [-0.15, -0.1) is 0 Å². The highest BCUT2D eigenvalue weighted by atomic mass is 19.1. The average molecular weight is 370 g/mol. The molecule has 0 spiro atoms. The largest absolute Gasteiger partial charge is 0.494 e. The van der Waals surface area contributed by atoms with Crippen LogP contribution in [0.3, 0.4) is 0 Å². The van der Waals surface area contributed by atoms with Gasteiger partial charge in [0.1, 0.15) is 0 Å². The van der Waals surface area contributed by atoms with Crippen LogP contribution < -0.4 is 10.1 Å². The summed E-state index contributed by atoms with van der Waals surface area (Å²) in [7, 11) is 1.38. The van der Waals surface area contributed by atoms with Crippen LogP contribution in [0.25, 0.3) is 0 Å². The molecule has 6 nitrogen and oxygen atoms in total. The summed E-state index contributed by atoms with van der Waals surface area (Å²) in [6, 6.07) is 10.6. The van der Waals surface area contributed by atoms with Crippen LogP contribution in [0.4, 0.5) is 4.39 Å². The number of benzene rings is 2. The Kier molecular flexibility index (Phi) is 5.21. The lowest BCUT2D eigenvalue weighted by Gasteiger charge is -2.17. The number of halogens is 1. The fraction of sp³-hybridized carbons (Fsp3) is 0.250. The minimum atomic E-state index is -0.512. The number of imide groups is 1. The fourth-order valence-electron chi connectivity index (χ4n) is 3.00. The van der Waals surface area contributed by atoms with Gasteiger partial charge in [-0.3, -0.25) is 19.3 Å². The second-order valence-corrected chi connectivity index (χ2v) is 6.24. The number of rotatable bonds is 6. The first-order chi connectivity index (χ1) is 12.9. The third-order valence-electron chi connectivity index (χ3n) is 4.49. The van der Waals surface area contributed by atoms with Crippen LogP contribution >= 0.6 is 0 Å². The molecule has 0 unspecified atom stereocenters. The molecule has 0 radical (unpaired) electrons. The second-order valence-electron chi connectivity index (χ2n) is 6.24. The molecule has 0 bridgehead atoms. The van der Waals surface area contributed by atoms with E-state index < -0.39 is 23.7 Å². The molecule has 7 heteroatoms. The molecule has 2 aromatic rings. The maximum absolute atomic E-state index is 13.8. The minimum Gasteiger partial charge on any atom is -0.494 e. The summed E-state index contributed by atoms with van der Waals surface area (Å²) in [5.41, 5.74) is 1.29. The zero-order chi connectivity index (χ0) is 19.6. The lowest BCUT2D eigenvalue weighted by Crippen LogP contribution is -2.35. The van der Waals surface area contributed by atoms with Crippen molar-refractivity contribution in [3.8, 4) is 5.75 Å². The van der Waals surface area contributed by atoms with Crippen LogP contribution in [0, 0.1) is 5.82 Å². The molecule has 1 heterocycles. The van der Waals surface area contributed by atoms with Gasteiger partial charge in [-0.2, -0.15) is 0 Å². The van der Waals surface area contributed by atoms with Crippen LogP contribution in [0.5, 0.6) is 5.75 Å². The monoisotopic (exact) mass is 370 g/mol. The molecule has 0 aromatic heterocycles. The molecule has 1 N–H and O–H groups in total. The molecule has 0 fully saturated rings. The Morgan fingerprint density at radius 2 is 1.78 bits per heavy atom. The van der Waals surface area contributed by atoms with Crippen molar-refractivity contribution in [2.45, 2.75) is 19.4 Å². The summed E-state index contributed by atoms with van der Waals surface area (Å²) in [5.74, 6) is -1.51. The third kappa shape index (κ3) is 3.67. The number of hydrogen-bond acceptors (Lipinski definition) is 4. The third-order valence-corrected chi connectivity index (χ3v) is 4.49. The number of fused-ring (bicyclic) bond motifs is 1. The number of carbonyl (C=O) groups is 3. The van der Waals surface area contributed by atoms with Gasteiger partial charge in [-0.25, -0.2) is 4.39 Å². The number of carbonyl (C=O) groups excluding carboxylic acids is 3. The molecule has 0 aliphatic carbocycles. The van der Waals surface area contributed by atoms with Crippen molar-refractivity contribution in [3.63, 3.8) is 0 Å². The summed E-state index contributed by atoms with van der Waals surface area (Å²) in [6.07, 6.45) is -0.0333. The molecular weight excluding hydrogens is 351 g/mol. The van der Waals surface area contributed by atoms with E-state index in [0.29, 0.717) is 16.7 Å². The van der Waals surface area contributed by atoms with Gasteiger partial charge in [-0.05, 0) is 36.8 Å². The Labute approximate surface area is 155 Å². The van der Waals surface area contributed by atoms with Crippen molar-refractivity contribution in [2.24, 2.45) is 0 Å². The van der Waals surface area contributed by atoms with Crippen molar-refractivity contribution in [1.82, 2.24) is 10.2 Å². The van der Waals surface area contributed by atoms with Gasteiger partial charge in [0.25, 0.3) is 11.8 Å². The maximum Gasteiger partial charge on any atom is 0.261 e. The Bertz CT molecular complexity index is 878. The summed E-state index contributed by atoms with van der Waals surface area (Å²) in [6.45, 7) is 1.71. The molecule has 0 saturated carbocycles. The Balaban J connectivity index is 1.58. The van der Waals surface area contributed by atoms with Crippen LogP contribution in [-0.4, -0.2) is 36.3 Å². The summed E-state index contributed by atoms with van der Waals surface area (Å²) in [5, 5.41) is 2.74. The number of ether oxygens (including phenoxy) is 1. The molecule has 3 rings (SSSR count). The lowest BCUT2D eigenvalue weighted by molar-refractivity contribution is -0.121. The molecule has 3 amide bonds. The van der Waals surface area contributed by atoms with E-state index >= 15 is 0 Å². The molecular formula is C20H19FN2O4. The highest BCUT2D eigenvalue weighted by Crippen LogP contribution is 2.23. The van der Waals surface area contributed by atoms with E-state index in [9.17, 15) is 18.8 Å². The van der Waals surface area contributed by atoms with Gasteiger partial charge in [0.15, 0.2) is 11.6 Å². The number of amides is 3. The number of methoxy groups -OCH3 is 1. The van der Waals surface area contributed by atoms with Crippen molar-refractivity contribution in [1.29, 1.82) is 0 Å². The van der Waals surface area contributed by atoms with Crippen molar-refractivity contribution >= 4 is 17.7 Å². The zero-order valence-corrected chi connectivity index (χ0v) is 15.0. The number of nitrogens with zero attached hydrogens (tertiary/aromatic N) is 1. The SMILES string of the molecule is COc1ccc([C@H](C)NC(=O)CCN2C(=O)c3ccccc3C2=O)cc1F. The molecule has 1 aliphatic rings. The normalized spacial score (nSPS) is 14.1. The van der Waals surface area contributed by atoms with E-state index in [1.807, 2.05) is 0 Å². The average Bonchev–Trinajstić information content (AvgIpc) is 2.90. The Morgan fingerprint density at radius 3 is 2.33 bits per heavy atom. The summed E-state index contributed by atoms with van der Waals surface area (Å²) in [4.78, 5) is 37.8. The van der Waals surface area contributed by atoms with Gasteiger partial charge in [0.05, 0.1) is 24.3 Å². The number of nitrogens with one attached hydrogen (secondary N) is 1. The first-order valence-electron chi connectivity index (χ1n) is 8.50. The van der Waals surface area contributed by atoms with Crippen LogP contribution in [0.2, 0.25) is 0 Å². The Morgan fingerprint density at radius 1 is 1.15 bits per heavy atom. The summed E-state index contributed by atoms with van der Waals surface area (Å²) >= 11 is 0. The zero-order valence-electron chi connectivity index (χ0n) is 15.0. The molecule has 2 aromatic carbocycles. The van der Waals surface area contributed by atoms with Gasteiger partial charge in [-0.1, -0.05) is 18.2 Å². The molecule has 1 atom stereocenters. The van der Waals surface area contributed by atoms with Gasteiger partial charge in [0, 0.05) is 13.0 Å². The topological polar surface area (TPSA) is 75.7 Å². The van der Waals surface area contributed by atoms with E-state index in [1.54, 1.807) is 37.3 Å². The Hall–Kier alpha value is -3.22. The van der Waals surface area contributed by atoms with Crippen molar-refractivity contribution < 1.29 is 23.5 Å². The van der Waals surface area contributed by atoms with E-state index in [4.69, 9.17) is 4.74 Å². The quantitative estimate of drug-likeness (QED) is 0.794. The van der Waals surface area contributed by atoms with E-state index in [1.165, 1.54) is 19.2 Å². The first-order valence-corrected chi connectivity index (χ1v) is 8.50. The fourth-order valence-corrected chi connectivity index (χ4v) is 3.00. The van der Waals surface area contributed by atoms with E-state index in [0.717, 1.165) is 4.90 Å². The van der Waals surface area contributed by atoms with Gasteiger partial charge in [0.2, 0.25) is 5.91 Å². The standard InChI is InChI=1S/C20H19FN2O4/c1-12(13-7-8-17(27-2)16(21)11-13)22-18(24)9-10-23-19(25)14-5-3-4-6-15(14)20(23)26/h3-8,11-12H,9-10H2,1-2H3,(H,22,24)/t12-/m0/s1. The van der Waals surface area contributed by atoms with Gasteiger partial charge >= 0.3 is 0 Å². The van der Waals surface area contributed by atoms with E-state index in [-0.39, 0.29) is 24.6 Å². The number of hydrogen-bond donors (Lipinski definition) is 1. The van der Waals surface area contributed by atoms with Crippen LogP contribution in [0.1, 0.15) is 45.7 Å². The molecule has 27 heavy (non-hydrogen) atoms. The molecule has 1 aliphatic heterocycles.